The second kappa shape index (κ2) is 5.62. The van der Waals surface area contributed by atoms with E-state index in [1.165, 1.54) is 23.6 Å². The SMILES string of the molecule is CN(CC(C)(C)CN)S(=O)(=O)c1cc(Cl)cnc1N. The minimum absolute atomic E-state index is 0.0678. The Morgan fingerprint density at radius 1 is 1.47 bits per heavy atom. The second-order valence-electron chi connectivity index (χ2n) is 5.17. The third-order valence-electron chi connectivity index (χ3n) is 2.74. The van der Waals surface area contributed by atoms with Crippen molar-refractivity contribution >= 4 is 27.4 Å². The van der Waals surface area contributed by atoms with E-state index in [2.05, 4.69) is 4.98 Å². The molecule has 0 aliphatic carbocycles. The molecule has 0 radical (unpaired) electrons. The van der Waals surface area contributed by atoms with E-state index in [0.29, 0.717) is 6.54 Å². The van der Waals surface area contributed by atoms with E-state index in [1.807, 2.05) is 13.8 Å². The molecule has 1 heterocycles. The zero-order chi connectivity index (χ0) is 14.8. The molecular weight excluding hydrogens is 288 g/mol. The number of anilines is 1. The summed E-state index contributed by atoms with van der Waals surface area (Å²) < 4.78 is 26.0. The van der Waals surface area contributed by atoms with Gasteiger partial charge in [-0.25, -0.2) is 17.7 Å². The Balaban J connectivity index is 3.14. The molecule has 0 atom stereocenters. The van der Waals surface area contributed by atoms with Crippen molar-refractivity contribution < 1.29 is 8.42 Å². The molecule has 1 aromatic heterocycles. The summed E-state index contributed by atoms with van der Waals surface area (Å²) in [4.78, 5) is 3.67. The van der Waals surface area contributed by atoms with Crippen molar-refractivity contribution in [3.8, 4) is 0 Å². The maximum Gasteiger partial charge on any atom is 0.246 e. The summed E-state index contributed by atoms with van der Waals surface area (Å²) in [5, 5.41) is 0.222. The van der Waals surface area contributed by atoms with E-state index in [4.69, 9.17) is 23.1 Å². The minimum Gasteiger partial charge on any atom is -0.383 e. The Kier molecular flexibility index (Phi) is 4.78. The van der Waals surface area contributed by atoms with Gasteiger partial charge >= 0.3 is 0 Å². The van der Waals surface area contributed by atoms with Gasteiger partial charge in [-0.3, -0.25) is 0 Å². The molecule has 0 fully saturated rings. The molecule has 1 rings (SSSR count). The molecule has 6 nitrogen and oxygen atoms in total. The molecule has 0 spiro atoms. The number of halogens is 1. The second-order valence-corrected chi connectivity index (χ2v) is 7.62. The van der Waals surface area contributed by atoms with Crippen LogP contribution in [0, 0.1) is 5.41 Å². The normalized spacial score (nSPS) is 12.9. The lowest BCUT2D eigenvalue weighted by Gasteiger charge is -2.28. The van der Waals surface area contributed by atoms with Gasteiger partial charge in [-0.2, -0.15) is 0 Å². The van der Waals surface area contributed by atoms with E-state index >= 15 is 0 Å². The molecule has 8 heteroatoms. The first-order valence-corrected chi connectivity index (χ1v) is 7.49. The molecule has 0 saturated carbocycles. The number of hydrogen-bond acceptors (Lipinski definition) is 5. The fourth-order valence-corrected chi connectivity index (χ4v) is 3.23. The number of nitrogens with two attached hydrogens (primary N) is 2. The number of rotatable bonds is 5. The van der Waals surface area contributed by atoms with Crippen molar-refractivity contribution in [1.82, 2.24) is 9.29 Å². The predicted molar refractivity (Wildman–Crippen MR) is 76.3 cm³/mol. The van der Waals surface area contributed by atoms with Crippen LogP contribution in [-0.2, 0) is 10.0 Å². The maximum absolute atomic E-state index is 12.4. The van der Waals surface area contributed by atoms with Gasteiger partial charge in [0, 0.05) is 19.8 Å². The highest BCUT2D eigenvalue weighted by Gasteiger charge is 2.29. The van der Waals surface area contributed by atoms with Crippen molar-refractivity contribution in [3.05, 3.63) is 17.3 Å². The van der Waals surface area contributed by atoms with E-state index in [1.54, 1.807) is 0 Å². The summed E-state index contributed by atoms with van der Waals surface area (Å²) >= 11 is 5.77. The monoisotopic (exact) mass is 306 g/mol. The third-order valence-corrected chi connectivity index (χ3v) is 4.78. The summed E-state index contributed by atoms with van der Waals surface area (Å²) in [6, 6.07) is 1.30. The maximum atomic E-state index is 12.4. The van der Waals surface area contributed by atoms with Crippen LogP contribution in [0.5, 0.6) is 0 Å². The van der Waals surface area contributed by atoms with Gasteiger partial charge in [0.25, 0.3) is 0 Å². The van der Waals surface area contributed by atoms with Crippen LogP contribution in [0.3, 0.4) is 0 Å². The van der Waals surface area contributed by atoms with E-state index in [0.717, 1.165) is 0 Å². The van der Waals surface area contributed by atoms with Gasteiger partial charge in [0.05, 0.1) is 5.02 Å². The van der Waals surface area contributed by atoms with Gasteiger partial charge in [0.1, 0.15) is 10.7 Å². The van der Waals surface area contributed by atoms with Crippen molar-refractivity contribution in [1.29, 1.82) is 0 Å². The van der Waals surface area contributed by atoms with Gasteiger partial charge in [-0.1, -0.05) is 25.4 Å². The standard InChI is InChI=1S/C11H19ClN4O2S/c1-11(2,6-13)7-16(3)19(17,18)9-4-8(12)5-15-10(9)14/h4-5H,6-7,13H2,1-3H3,(H2,14,15). The lowest BCUT2D eigenvalue weighted by atomic mass is 9.94. The number of nitrogens with zero attached hydrogens (tertiary/aromatic N) is 2. The molecule has 4 N–H and O–H groups in total. The third kappa shape index (κ3) is 3.79. The Labute approximate surface area is 118 Å². The molecule has 0 unspecified atom stereocenters. The molecule has 0 aliphatic heterocycles. The highest BCUT2D eigenvalue weighted by atomic mass is 35.5. The highest BCUT2D eigenvalue weighted by Crippen LogP contribution is 2.25. The number of pyridine rings is 1. The molecule has 108 valence electrons. The Hall–Kier alpha value is -0.890. The molecule has 0 bridgehead atoms. The largest absolute Gasteiger partial charge is 0.383 e. The van der Waals surface area contributed by atoms with Crippen LogP contribution in [0.1, 0.15) is 13.8 Å². The van der Waals surface area contributed by atoms with Gasteiger partial charge in [-0.05, 0) is 18.0 Å². The van der Waals surface area contributed by atoms with Crippen molar-refractivity contribution in [2.24, 2.45) is 11.1 Å². The van der Waals surface area contributed by atoms with Crippen LogP contribution < -0.4 is 11.5 Å². The molecule has 1 aromatic rings. The van der Waals surface area contributed by atoms with Crippen LogP contribution in [0.2, 0.25) is 5.02 Å². The lowest BCUT2D eigenvalue weighted by molar-refractivity contribution is 0.292. The van der Waals surface area contributed by atoms with Crippen molar-refractivity contribution in [3.63, 3.8) is 0 Å². The quantitative estimate of drug-likeness (QED) is 0.842. The first-order chi connectivity index (χ1) is 8.60. The summed E-state index contributed by atoms with van der Waals surface area (Å²) in [5.41, 5.74) is 10.9. The van der Waals surface area contributed by atoms with Crippen LogP contribution >= 0.6 is 11.6 Å². The van der Waals surface area contributed by atoms with Gasteiger partial charge in [0.15, 0.2) is 0 Å². The minimum atomic E-state index is -3.73. The highest BCUT2D eigenvalue weighted by molar-refractivity contribution is 7.89. The number of sulfonamides is 1. The number of nitrogen functional groups attached to an aromatic ring is 1. The van der Waals surface area contributed by atoms with Crippen LogP contribution in [0.4, 0.5) is 5.82 Å². The smallest absolute Gasteiger partial charge is 0.246 e. The van der Waals surface area contributed by atoms with E-state index in [-0.39, 0.29) is 27.7 Å². The van der Waals surface area contributed by atoms with Crippen LogP contribution in [0.25, 0.3) is 0 Å². The predicted octanol–water partition coefficient (Wildman–Crippen LogP) is 0.923. The van der Waals surface area contributed by atoms with Gasteiger partial charge in [-0.15, -0.1) is 0 Å². The average molecular weight is 307 g/mol. The van der Waals surface area contributed by atoms with Crippen LogP contribution in [-0.4, -0.2) is 37.8 Å². The topological polar surface area (TPSA) is 102 Å². The zero-order valence-corrected chi connectivity index (χ0v) is 12.8. The van der Waals surface area contributed by atoms with E-state index < -0.39 is 10.0 Å². The molecule has 0 aromatic carbocycles. The molecule has 0 saturated heterocycles. The van der Waals surface area contributed by atoms with E-state index in [9.17, 15) is 8.42 Å². The van der Waals surface area contributed by atoms with Gasteiger partial charge in [0.2, 0.25) is 10.0 Å². The summed E-state index contributed by atoms with van der Waals surface area (Å²) in [6.07, 6.45) is 1.31. The molecule has 0 amide bonds. The van der Waals surface area contributed by atoms with Crippen molar-refractivity contribution in [2.75, 3.05) is 25.9 Å². The Morgan fingerprint density at radius 2 is 2.05 bits per heavy atom. The summed E-state index contributed by atoms with van der Waals surface area (Å²) in [5.74, 6) is -0.0678. The van der Waals surface area contributed by atoms with Crippen molar-refractivity contribution in [2.45, 2.75) is 18.7 Å². The Morgan fingerprint density at radius 3 is 2.58 bits per heavy atom. The van der Waals surface area contributed by atoms with Gasteiger partial charge < -0.3 is 11.5 Å². The van der Waals surface area contributed by atoms with Crippen LogP contribution in [0.15, 0.2) is 17.2 Å². The average Bonchev–Trinajstić information content (AvgIpc) is 2.31. The number of aromatic nitrogens is 1. The zero-order valence-electron chi connectivity index (χ0n) is 11.2. The summed E-state index contributed by atoms with van der Waals surface area (Å²) in [7, 11) is -2.25. The molecule has 19 heavy (non-hydrogen) atoms. The lowest BCUT2D eigenvalue weighted by Crippen LogP contribution is -2.40. The molecular formula is C11H19ClN4O2S. The first-order valence-electron chi connectivity index (χ1n) is 5.67. The fraction of sp³-hybridized carbons (Fsp3) is 0.545. The first kappa shape index (κ1) is 16.2. The Bertz CT molecular complexity index is 560. The number of hydrogen-bond donors (Lipinski definition) is 2. The molecule has 0 aliphatic rings. The summed E-state index contributed by atoms with van der Waals surface area (Å²) in [6.45, 7) is 4.42. The fourth-order valence-electron chi connectivity index (χ4n) is 1.56.